The first-order valence-electron chi connectivity index (χ1n) is 39.0. The van der Waals surface area contributed by atoms with Crippen LogP contribution in [-0.2, 0) is 53.0 Å². The van der Waals surface area contributed by atoms with Crippen molar-refractivity contribution in [1.82, 2.24) is 0 Å². The number of nitrogens with zero attached hydrogens (tertiary/aromatic N) is 2. The molecule has 0 aliphatic carbocycles. The van der Waals surface area contributed by atoms with Gasteiger partial charge in [-0.1, -0.05) is 204 Å². The topological polar surface area (TPSA) is 25.3 Å². The van der Waals surface area contributed by atoms with E-state index >= 15 is 0 Å². The van der Waals surface area contributed by atoms with E-state index in [1.165, 1.54) is 357 Å². The number of aryl methyl sites for hydroxylation is 4. The summed E-state index contributed by atoms with van der Waals surface area (Å²) in [6, 6.07) is 9.61. The van der Waals surface area contributed by atoms with Crippen LogP contribution in [0.3, 0.4) is 0 Å². The smallest absolute Gasteiger partial charge is 0.0654 e. The molecule has 3 heteroatoms. The molecule has 0 amide bonds. The predicted molar refractivity (Wildman–Crippen MR) is 385 cm³/mol. The Hall–Kier alpha value is -1.99. The molecule has 1 heterocycles. The molecule has 0 radical (unpaired) electrons. The van der Waals surface area contributed by atoms with Crippen molar-refractivity contribution in [1.29, 1.82) is 0 Å². The molecule has 0 unspecified atom stereocenters. The molecule has 2 nitrogen and oxygen atoms in total. The monoisotopic (exact) mass is 1230 g/mol. The minimum absolute atomic E-state index is 0.985. The van der Waals surface area contributed by atoms with Crippen molar-refractivity contribution in [3.8, 4) is 0 Å². The summed E-state index contributed by atoms with van der Waals surface area (Å²) in [6.45, 7) is 22.8. The van der Waals surface area contributed by atoms with Gasteiger partial charge < -0.3 is 5.53 Å². The van der Waals surface area contributed by atoms with Crippen LogP contribution in [0.25, 0.3) is 16.9 Å². The van der Waals surface area contributed by atoms with Crippen molar-refractivity contribution in [3.63, 3.8) is 0 Å². The number of hydrogen-bond donors (Lipinski definition) is 0. The number of unbranched alkanes of at least 4 members (excludes halogenated alkanes) is 42. The minimum Gasteiger partial charge on any atom is -0.0654 e. The van der Waals surface area contributed by atoms with Crippen LogP contribution in [0, 0.1) is 0 Å². The maximum absolute atomic E-state index is 12.1. The predicted octanol–water partition coefficient (Wildman–Crippen LogP) is 29.3. The van der Waals surface area contributed by atoms with E-state index < -0.39 is 0 Å². The summed E-state index contributed by atoms with van der Waals surface area (Å²) in [5.41, 5.74) is 28.0. The Labute approximate surface area is 545 Å². The summed E-state index contributed by atoms with van der Waals surface area (Å²) in [7, 11) is 0. The summed E-state index contributed by atoms with van der Waals surface area (Å²) < 4.78 is 1.58. The van der Waals surface area contributed by atoms with Crippen LogP contribution < -0.4 is 0 Å². The van der Waals surface area contributed by atoms with E-state index in [1.807, 2.05) is 14.4 Å². The molecule has 0 N–H and O–H groups in total. The van der Waals surface area contributed by atoms with Crippen LogP contribution in [0.2, 0.25) is 10.8 Å². The summed E-state index contributed by atoms with van der Waals surface area (Å²) in [5.74, 6) is 0. The Kier molecular flexibility index (Phi) is 53.1. The van der Waals surface area contributed by atoms with Crippen molar-refractivity contribution in [2.75, 3.05) is 0 Å². The molecule has 2 aromatic carbocycles. The maximum atomic E-state index is 12.1. The first-order chi connectivity index (χ1) is 42.3. The van der Waals surface area contributed by atoms with Crippen molar-refractivity contribution in [2.24, 2.45) is 0 Å². The van der Waals surface area contributed by atoms with E-state index in [0.29, 0.717) is 0 Å². The van der Waals surface area contributed by atoms with Gasteiger partial charge in [-0.3, -0.25) is 0 Å². The second-order valence-corrected chi connectivity index (χ2v) is 28.5. The second kappa shape index (κ2) is 57.0. The second-order valence-electron chi connectivity index (χ2n) is 27.0. The van der Waals surface area contributed by atoms with Crippen LogP contribution in [0.1, 0.15) is 428 Å². The van der Waals surface area contributed by atoms with E-state index in [2.05, 4.69) is 93.5 Å². The fourth-order valence-corrected chi connectivity index (χ4v) is 15.0. The van der Waals surface area contributed by atoms with E-state index in [4.69, 9.17) is 0 Å². The summed E-state index contributed by atoms with van der Waals surface area (Å²) in [6.07, 6.45) is 76.3. The quantitative estimate of drug-likeness (QED) is 0.0358. The van der Waals surface area contributed by atoms with Gasteiger partial charge in [-0.15, -0.1) is 0 Å². The molecule has 3 rings (SSSR count). The zero-order valence-corrected chi connectivity index (χ0v) is 60.8. The first kappa shape index (κ1) is 80.1. The molecular formula is C83H148N2Ni. The molecule has 1 aliphatic heterocycles. The first-order valence-corrected chi connectivity index (χ1v) is 40.4. The van der Waals surface area contributed by atoms with Gasteiger partial charge in [-0.05, 0) is 135 Å². The van der Waals surface area contributed by atoms with Gasteiger partial charge in [0.1, 0.15) is 0 Å². The van der Waals surface area contributed by atoms with Crippen LogP contribution in [-0.4, -0.2) is 4.70 Å². The molecule has 0 aromatic heterocycles. The van der Waals surface area contributed by atoms with Gasteiger partial charge >= 0.3 is 166 Å². The third-order valence-corrected chi connectivity index (χ3v) is 20.8. The zero-order valence-electron chi connectivity index (χ0n) is 59.8. The molecule has 500 valence electrons. The molecule has 0 bridgehead atoms. The third-order valence-electron chi connectivity index (χ3n) is 19.4. The van der Waals surface area contributed by atoms with Gasteiger partial charge in [0.15, 0.2) is 0 Å². The molecule has 0 fully saturated rings. The molecular weight excluding hydrogens is 1080 g/mol. The average Bonchev–Trinajstić information content (AvgIpc) is 1.84. The zero-order chi connectivity index (χ0) is 62.3. The van der Waals surface area contributed by atoms with E-state index in [9.17, 15) is 5.53 Å². The molecule has 0 spiro atoms. The molecule has 1 aliphatic rings. The van der Waals surface area contributed by atoms with Crippen molar-refractivity contribution < 1.29 is 19.1 Å². The van der Waals surface area contributed by atoms with Crippen LogP contribution in [0.5, 0.6) is 0 Å². The number of benzene rings is 2. The Morgan fingerprint density at radius 3 is 0.849 bits per heavy atom. The normalized spacial score (nSPS) is 12.7. The standard InChI is InChI=1S/C39H58N2.2C22H45.Ni/c1-9-16-20-31-26-34(27-32(21-17-10-2)37(31)23-19-12-4)39-36(22-18-11-3)28(8)38(41(39)40)33-24-29(13-5)35(15-7)30(14-6)25-33;2*1-3-5-7-9-11-13-15-17-19-21-22-20-18-16-14-12-10-8-6-4-2;/h24-27H,9-23H2,1-8H3;2*1,3-22H2,2H3;. The Balaban J connectivity index is 0.000000588. The molecule has 2 aromatic rings. The van der Waals surface area contributed by atoms with E-state index in [-0.39, 0.29) is 0 Å². The summed E-state index contributed by atoms with van der Waals surface area (Å²) in [5, 5.41) is 2.87. The summed E-state index contributed by atoms with van der Waals surface area (Å²) >= 11 is 2.05. The van der Waals surface area contributed by atoms with Gasteiger partial charge in [0.2, 0.25) is 11.4 Å². The van der Waals surface area contributed by atoms with Crippen molar-refractivity contribution >= 4 is 11.4 Å². The number of rotatable bonds is 59. The van der Waals surface area contributed by atoms with E-state index in [0.717, 1.165) is 68.3 Å². The Bertz CT molecular complexity index is 1890. The fraction of sp³-hybridized carbons (Fsp3) is 0.807. The fourth-order valence-electron chi connectivity index (χ4n) is 13.7. The van der Waals surface area contributed by atoms with Gasteiger partial charge in [0.25, 0.3) is 0 Å². The number of allylic oxidation sites excluding steroid dienone is 2. The van der Waals surface area contributed by atoms with Crippen LogP contribution in [0.15, 0.2) is 35.4 Å². The Morgan fingerprint density at radius 2 is 0.547 bits per heavy atom. The van der Waals surface area contributed by atoms with Crippen molar-refractivity contribution in [3.05, 3.63) is 85.5 Å². The summed E-state index contributed by atoms with van der Waals surface area (Å²) in [4.78, 5) is 0. The van der Waals surface area contributed by atoms with Gasteiger partial charge in [-0.2, -0.15) is 0 Å². The molecule has 0 atom stereocenters. The minimum atomic E-state index is 0.985. The van der Waals surface area contributed by atoms with Gasteiger partial charge in [0.05, 0.1) is 0 Å². The van der Waals surface area contributed by atoms with Gasteiger partial charge in [-0.25, -0.2) is 4.70 Å². The molecule has 0 saturated carbocycles. The molecule has 0 saturated heterocycles. The Morgan fingerprint density at radius 1 is 0.279 bits per heavy atom. The van der Waals surface area contributed by atoms with Crippen molar-refractivity contribution in [2.45, 2.75) is 433 Å². The number of hydrogen-bond acceptors (Lipinski definition) is 0. The van der Waals surface area contributed by atoms with E-state index in [1.54, 1.807) is 10.3 Å². The SMILES string of the molecule is CCCCC1=C(c2cc(CCCC)c(CCCC)c(CCCC)c2)[N+](=[N-])C(c2cc(CC)c(CC)c(CC)c2)=C1C.CCCCCCCCCCCCCCCCCCCCC[CH2][Ni][CH2]CCCCCCCCCCCCCCCCCCCCC. The molecule has 86 heavy (non-hydrogen) atoms. The average molecular weight is 1230 g/mol. The van der Waals surface area contributed by atoms with Crippen LogP contribution in [0.4, 0.5) is 0 Å². The van der Waals surface area contributed by atoms with Gasteiger partial charge in [0, 0.05) is 22.3 Å². The van der Waals surface area contributed by atoms with Crippen LogP contribution >= 0.6 is 0 Å². The third kappa shape index (κ3) is 36.2.